The molecule has 3 rings (SSSR count). The summed E-state index contributed by atoms with van der Waals surface area (Å²) >= 11 is 5.79. The van der Waals surface area contributed by atoms with Crippen LogP contribution < -0.4 is 10.6 Å². The molecule has 0 radical (unpaired) electrons. The lowest BCUT2D eigenvalue weighted by molar-refractivity contribution is 0.0919. The predicted octanol–water partition coefficient (Wildman–Crippen LogP) is 1.75. The summed E-state index contributed by atoms with van der Waals surface area (Å²) in [5.41, 5.74) is 0.397. The average Bonchev–Trinajstić information content (AvgIpc) is 2.69. The number of carbonyl (C=O) groups is 1. The fraction of sp³-hybridized carbons (Fsp3) is 0.538. The van der Waals surface area contributed by atoms with Gasteiger partial charge in [0.15, 0.2) is 0 Å². The van der Waals surface area contributed by atoms with E-state index in [0.717, 1.165) is 12.8 Å². The molecule has 2 N–H and O–H groups in total. The number of aromatic nitrogens is 1. The molecule has 0 spiro atoms. The van der Waals surface area contributed by atoms with Crippen LogP contribution in [0.5, 0.6) is 0 Å². The van der Waals surface area contributed by atoms with Crippen molar-refractivity contribution in [3.63, 3.8) is 0 Å². The lowest BCUT2D eigenvalue weighted by Crippen LogP contribution is -2.48. The molecule has 2 aliphatic heterocycles. The zero-order valence-electron chi connectivity index (χ0n) is 10.0. The van der Waals surface area contributed by atoms with E-state index in [1.807, 2.05) is 0 Å². The molecule has 3 atom stereocenters. The molecule has 2 bridgehead atoms. The molecule has 2 aliphatic rings. The van der Waals surface area contributed by atoms with Crippen LogP contribution in [0.4, 0.5) is 0 Å². The number of nitrogens with one attached hydrogen (secondary N) is 2. The molecular formula is C13H16ClN3O. The molecule has 4 nitrogen and oxygen atoms in total. The average molecular weight is 266 g/mol. The lowest BCUT2D eigenvalue weighted by atomic mass is 10.00. The lowest BCUT2D eigenvalue weighted by Gasteiger charge is -2.29. The zero-order valence-corrected chi connectivity index (χ0v) is 10.8. The number of fused-ring (bicyclic) bond motifs is 2. The number of halogens is 1. The van der Waals surface area contributed by atoms with Gasteiger partial charge in [-0.3, -0.25) is 4.79 Å². The Morgan fingerprint density at radius 2 is 2.06 bits per heavy atom. The fourth-order valence-electron chi connectivity index (χ4n) is 2.97. The minimum Gasteiger partial charge on any atom is -0.348 e. The third-order valence-corrected chi connectivity index (χ3v) is 3.97. The van der Waals surface area contributed by atoms with Gasteiger partial charge in [-0.1, -0.05) is 17.7 Å². The summed E-state index contributed by atoms with van der Waals surface area (Å²) in [7, 11) is 0. The predicted molar refractivity (Wildman–Crippen MR) is 69.7 cm³/mol. The Bertz CT molecular complexity index is 453. The van der Waals surface area contributed by atoms with Crippen molar-refractivity contribution in [1.29, 1.82) is 0 Å². The van der Waals surface area contributed by atoms with Gasteiger partial charge in [0, 0.05) is 18.1 Å². The van der Waals surface area contributed by atoms with Crippen LogP contribution in [0.25, 0.3) is 0 Å². The summed E-state index contributed by atoms with van der Waals surface area (Å²) in [6.07, 6.45) is 4.49. The zero-order chi connectivity index (χ0) is 12.5. The van der Waals surface area contributed by atoms with Crippen LogP contribution in [-0.4, -0.2) is 29.0 Å². The number of pyridine rings is 1. The maximum atomic E-state index is 12.0. The van der Waals surface area contributed by atoms with E-state index in [1.165, 1.54) is 12.8 Å². The van der Waals surface area contributed by atoms with Gasteiger partial charge in [-0.2, -0.15) is 0 Å². The molecule has 3 heterocycles. The first-order valence-electron chi connectivity index (χ1n) is 6.40. The number of hydrogen-bond acceptors (Lipinski definition) is 3. The van der Waals surface area contributed by atoms with Gasteiger partial charge in [0.2, 0.25) is 0 Å². The molecule has 5 heteroatoms. The van der Waals surface area contributed by atoms with Crippen molar-refractivity contribution in [2.45, 2.75) is 43.8 Å². The van der Waals surface area contributed by atoms with E-state index < -0.39 is 0 Å². The number of hydrogen-bond donors (Lipinski definition) is 2. The Kier molecular flexibility index (Phi) is 3.22. The van der Waals surface area contributed by atoms with Crippen LogP contribution in [0.3, 0.4) is 0 Å². The molecule has 0 aromatic carbocycles. The Morgan fingerprint density at radius 1 is 1.33 bits per heavy atom. The van der Waals surface area contributed by atoms with Crippen molar-refractivity contribution in [3.8, 4) is 0 Å². The van der Waals surface area contributed by atoms with Crippen LogP contribution >= 0.6 is 11.6 Å². The first kappa shape index (κ1) is 11.9. The smallest absolute Gasteiger partial charge is 0.270 e. The van der Waals surface area contributed by atoms with E-state index in [-0.39, 0.29) is 11.9 Å². The molecular weight excluding hydrogens is 250 g/mol. The van der Waals surface area contributed by atoms with E-state index >= 15 is 0 Å². The van der Waals surface area contributed by atoms with Gasteiger partial charge < -0.3 is 10.6 Å². The largest absolute Gasteiger partial charge is 0.348 e. The Hall–Kier alpha value is -1.13. The number of nitrogens with zero attached hydrogens (tertiary/aromatic N) is 1. The summed E-state index contributed by atoms with van der Waals surface area (Å²) in [6, 6.07) is 6.51. The van der Waals surface area contributed by atoms with Crippen molar-refractivity contribution in [2.75, 3.05) is 0 Å². The number of amides is 1. The molecule has 2 fully saturated rings. The third kappa shape index (κ3) is 2.49. The molecule has 1 aromatic heterocycles. The maximum Gasteiger partial charge on any atom is 0.270 e. The van der Waals surface area contributed by atoms with Gasteiger partial charge in [0.25, 0.3) is 5.91 Å². The first-order chi connectivity index (χ1) is 8.70. The van der Waals surface area contributed by atoms with E-state index in [4.69, 9.17) is 11.6 Å². The topological polar surface area (TPSA) is 54.0 Å². The van der Waals surface area contributed by atoms with Crippen LogP contribution in [-0.2, 0) is 0 Å². The van der Waals surface area contributed by atoms with Crippen LogP contribution in [0.1, 0.15) is 36.2 Å². The van der Waals surface area contributed by atoms with Crippen molar-refractivity contribution < 1.29 is 4.79 Å². The minimum atomic E-state index is -0.121. The highest BCUT2D eigenvalue weighted by Crippen LogP contribution is 2.26. The first-order valence-corrected chi connectivity index (χ1v) is 6.78. The summed E-state index contributed by atoms with van der Waals surface area (Å²) in [6.45, 7) is 0. The van der Waals surface area contributed by atoms with Crippen molar-refractivity contribution in [3.05, 3.63) is 29.0 Å². The second-order valence-electron chi connectivity index (χ2n) is 5.13. The van der Waals surface area contributed by atoms with Gasteiger partial charge >= 0.3 is 0 Å². The van der Waals surface area contributed by atoms with E-state index in [2.05, 4.69) is 15.6 Å². The van der Waals surface area contributed by atoms with E-state index in [9.17, 15) is 4.79 Å². The molecule has 96 valence electrons. The monoisotopic (exact) mass is 265 g/mol. The van der Waals surface area contributed by atoms with E-state index in [0.29, 0.717) is 22.9 Å². The minimum absolute atomic E-state index is 0.121. The van der Waals surface area contributed by atoms with Crippen LogP contribution in [0.15, 0.2) is 18.2 Å². The summed E-state index contributed by atoms with van der Waals surface area (Å²) in [5.74, 6) is -0.121. The van der Waals surface area contributed by atoms with Gasteiger partial charge in [-0.25, -0.2) is 4.98 Å². The Morgan fingerprint density at radius 3 is 2.72 bits per heavy atom. The summed E-state index contributed by atoms with van der Waals surface area (Å²) < 4.78 is 0. The molecule has 1 unspecified atom stereocenters. The van der Waals surface area contributed by atoms with Gasteiger partial charge in [0.1, 0.15) is 10.8 Å². The quantitative estimate of drug-likeness (QED) is 0.801. The fourth-order valence-corrected chi connectivity index (χ4v) is 3.13. The molecule has 1 amide bonds. The number of piperidine rings is 1. The molecule has 18 heavy (non-hydrogen) atoms. The van der Waals surface area contributed by atoms with E-state index in [1.54, 1.807) is 18.2 Å². The standard InChI is InChI=1S/C13H16ClN3O/c14-12-3-1-2-11(17-12)13(18)16-10-6-8-4-5-9(7-10)15-8/h1-3,8-10,15H,4-7H2,(H,16,18)/t8-,9+,10?. The number of carbonyl (C=O) groups excluding carboxylic acids is 1. The Labute approximate surface area is 111 Å². The van der Waals surface area contributed by atoms with Crippen molar-refractivity contribution in [2.24, 2.45) is 0 Å². The molecule has 0 aliphatic carbocycles. The van der Waals surface area contributed by atoms with Crippen LogP contribution in [0, 0.1) is 0 Å². The van der Waals surface area contributed by atoms with Gasteiger partial charge in [-0.05, 0) is 37.8 Å². The second kappa shape index (κ2) is 4.86. The van der Waals surface area contributed by atoms with Crippen LogP contribution in [0.2, 0.25) is 5.15 Å². The number of rotatable bonds is 2. The van der Waals surface area contributed by atoms with Gasteiger partial charge in [0.05, 0.1) is 0 Å². The third-order valence-electron chi connectivity index (χ3n) is 3.76. The van der Waals surface area contributed by atoms with Crippen molar-refractivity contribution >= 4 is 17.5 Å². The normalized spacial score (nSPS) is 30.2. The highest BCUT2D eigenvalue weighted by atomic mass is 35.5. The maximum absolute atomic E-state index is 12.0. The second-order valence-corrected chi connectivity index (χ2v) is 5.51. The van der Waals surface area contributed by atoms with Crippen molar-refractivity contribution in [1.82, 2.24) is 15.6 Å². The SMILES string of the molecule is O=C(NC1C[C@H]2CC[C@@H](C1)N2)c1cccc(Cl)n1. The summed E-state index contributed by atoms with van der Waals surface area (Å²) in [4.78, 5) is 16.1. The highest BCUT2D eigenvalue weighted by molar-refractivity contribution is 6.29. The Balaban J connectivity index is 1.64. The molecule has 1 aromatic rings. The molecule has 0 saturated carbocycles. The summed E-state index contributed by atoms with van der Waals surface area (Å²) in [5, 5.41) is 6.97. The molecule has 2 saturated heterocycles. The van der Waals surface area contributed by atoms with Gasteiger partial charge in [-0.15, -0.1) is 0 Å². The highest BCUT2D eigenvalue weighted by Gasteiger charge is 2.34.